The SMILES string of the molecule is Cc1ccc(C(O)CCCCO)c(C)c1. The topological polar surface area (TPSA) is 40.5 Å². The summed E-state index contributed by atoms with van der Waals surface area (Å²) in [5.74, 6) is 0. The predicted molar refractivity (Wildman–Crippen MR) is 61.8 cm³/mol. The third kappa shape index (κ3) is 3.65. The van der Waals surface area contributed by atoms with Gasteiger partial charge in [0.25, 0.3) is 0 Å². The van der Waals surface area contributed by atoms with Gasteiger partial charge in [0.15, 0.2) is 0 Å². The van der Waals surface area contributed by atoms with Gasteiger partial charge in [-0.25, -0.2) is 0 Å². The van der Waals surface area contributed by atoms with E-state index in [1.165, 1.54) is 5.56 Å². The van der Waals surface area contributed by atoms with Crippen molar-refractivity contribution in [1.82, 2.24) is 0 Å². The van der Waals surface area contributed by atoms with Crippen molar-refractivity contribution in [2.24, 2.45) is 0 Å². The number of unbranched alkanes of at least 4 members (excludes halogenated alkanes) is 1. The molecule has 0 aromatic heterocycles. The number of aryl methyl sites for hydroxylation is 2. The Bertz CT molecular complexity index is 307. The van der Waals surface area contributed by atoms with Crippen LogP contribution in [0.3, 0.4) is 0 Å². The molecule has 2 heteroatoms. The second-order valence-electron chi connectivity index (χ2n) is 4.10. The first-order valence-corrected chi connectivity index (χ1v) is 5.51. The van der Waals surface area contributed by atoms with Gasteiger partial charge < -0.3 is 10.2 Å². The maximum atomic E-state index is 9.94. The summed E-state index contributed by atoms with van der Waals surface area (Å²) in [6.45, 7) is 4.28. The highest BCUT2D eigenvalue weighted by Gasteiger charge is 2.09. The minimum Gasteiger partial charge on any atom is -0.396 e. The van der Waals surface area contributed by atoms with Gasteiger partial charge in [0, 0.05) is 6.61 Å². The fraction of sp³-hybridized carbons (Fsp3) is 0.538. The van der Waals surface area contributed by atoms with Crippen LogP contribution < -0.4 is 0 Å². The number of hydrogen-bond donors (Lipinski definition) is 2. The van der Waals surface area contributed by atoms with Crippen molar-refractivity contribution < 1.29 is 10.2 Å². The first-order chi connectivity index (χ1) is 7.15. The molecule has 15 heavy (non-hydrogen) atoms. The lowest BCUT2D eigenvalue weighted by Crippen LogP contribution is -2.01. The standard InChI is InChI=1S/C13H20O2/c1-10-6-7-12(11(2)9-10)13(15)5-3-4-8-14/h6-7,9,13-15H,3-5,8H2,1-2H3. The van der Waals surface area contributed by atoms with E-state index >= 15 is 0 Å². The summed E-state index contributed by atoms with van der Waals surface area (Å²) in [5.41, 5.74) is 3.38. The zero-order valence-electron chi connectivity index (χ0n) is 9.53. The van der Waals surface area contributed by atoms with E-state index < -0.39 is 6.10 Å². The van der Waals surface area contributed by atoms with E-state index in [4.69, 9.17) is 5.11 Å². The molecule has 0 heterocycles. The van der Waals surface area contributed by atoms with Gasteiger partial charge in [0.1, 0.15) is 0 Å². The van der Waals surface area contributed by atoms with E-state index in [-0.39, 0.29) is 6.61 Å². The van der Waals surface area contributed by atoms with Crippen molar-refractivity contribution in [2.45, 2.75) is 39.2 Å². The van der Waals surface area contributed by atoms with Crippen molar-refractivity contribution in [3.05, 3.63) is 34.9 Å². The first-order valence-electron chi connectivity index (χ1n) is 5.51. The molecule has 1 atom stereocenters. The van der Waals surface area contributed by atoms with E-state index in [0.29, 0.717) is 0 Å². The highest BCUT2D eigenvalue weighted by molar-refractivity contribution is 5.31. The molecule has 1 rings (SSSR count). The van der Waals surface area contributed by atoms with Crippen LogP contribution in [-0.4, -0.2) is 16.8 Å². The Hall–Kier alpha value is -0.860. The van der Waals surface area contributed by atoms with Crippen molar-refractivity contribution >= 4 is 0 Å². The highest BCUT2D eigenvalue weighted by atomic mass is 16.3. The number of aliphatic hydroxyl groups is 2. The summed E-state index contributed by atoms with van der Waals surface area (Å²) >= 11 is 0. The summed E-state index contributed by atoms with van der Waals surface area (Å²) in [6.07, 6.45) is 1.97. The maximum Gasteiger partial charge on any atom is 0.0792 e. The van der Waals surface area contributed by atoms with Crippen LogP contribution in [0.25, 0.3) is 0 Å². The second-order valence-corrected chi connectivity index (χ2v) is 4.10. The van der Waals surface area contributed by atoms with Crippen LogP contribution >= 0.6 is 0 Å². The van der Waals surface area contributed by atoms with Crippen LogP contribution in [-0.2, 0) is 0 Å². The number of benzene rings is 1. The Balaban J connectivity index is 2.61. The Labute approximate surface area is 91.6 Å². The number of rotatable bonds is 5. The van der Waals surface area contributed by atoms with Crippen LogP contribution in [0.2, 0.25) is 0 Å². The molecule has 0 radical (unpaired) electrons. The smallest absolute Gasteiger partial charge is 0.0792 e. The molecular weight excluding hydrogens is 188 g/mol. The molecule has 0 aliphatic heterocycles. The summed E-state index contributed by atoms with van der Waals surface area (Å²) in [4.78, 5) is 0. The van der Waals surface area contributed by atoms with Crippen molar-refractivity contribution in [3.63, 3.8) is 0 Å². The van der Waals surface area contributed by atoms with E-state index in [1.807, 2.05) is 19.1 Å². The molecular formula is C13H20O2. The Morgan fingerprint density at radius 3 is 2.53 bits per heavy atom. The van der Waals surface area contributed by atoms with Gasteiger partial charge in [-0.15, -0.1) is 0 Å². The Kier molecular flexibility index (Phi) is 4.79. The van der Waals surface area contributed by atoms with E-state index in [9.17, 15) is 5.11 Å². The van der Waals surface area contributed by atoms with Gasteiger partial charge >= 0.3 is 0 Å². The van der Waals surface area contributed by atoms with Crippen LogP contribution in [0.15, 0.2) is 18.2 Å². The average Bonchev–Trinajstić information content (AvgIpc) is 2.17. The molecule has 0 bridgehead atoms. The molecule has 2 N–H and O–H groups in total. The lowest BCUT2D eigenvalue weighted by Gasteiger charge is -2.13. The van der Waals surface area contributed by atoms with Crippen molar-refractivity contribution in [2.75, 3.05) is 6.61 Å². The van der Waals surface area contributed by atoms with Crippen LogP contribution in [0.5, 0.6) is 0 Å². The molecule has 1 aromatic carbocycles. The number of hydrogen-bond acceptors (Lipinski definition) is 2. The van der Waals surface area contributed by atoms with Gasteiger partial charge in [-0.05, 0) is 44.2 Å². The zero-order chi connectivity index (χ0) is 11.3. The monoisotopic (exact) mass is 208 g/mol. The Morgan fingerprint density at radius 2 is 1.93 bits per heavy atom. The van der Waals surface area contributed by atoms with Crippen molar-refractivity contribution in [3.8, 4) is 0 Å². The molecule has 84 valence electrons. The molecule has 0 saturated heterocycles. The van der Waals surface area contributed by atoms with Gasteiger partial charge in [-0.2, -0.15) is 0 Å². The molecule has 0 aliphatic carbocycles. The summed E-state index contributed by atoms with van der Waals surface area (Å²) in [5, 5.41) is 18.6. The molecule has 2 nitrogen and oxygen atoms in total. The van der Waals surface area contributed by atoms with E-state index in [2.05, 4.69) is 13.0 Å². The molecule has 0 amide bonds. The fourth-order valence-electron chi connectivity index (χ4n) is 1.80. The number of aliphatic hydroxyl groups excluding tert-OH is 2. The molecule has 0 spiro atoms. The van der Waals surface area contributed by atoms with Crippen LogP contribution in [0.1, 0.15) is 42.1 Å². The summed E-state index contributed by atoms with van der Waals surface area (Å²) < 4.78 is 0. The Morgan fingerprint density at radius 1 is 1.20 bits per heavy atom. The van der Waals surface area contributed by atoms with Crippen LogP contribution in [0.4, 0.5) is 0 Å². The van der Waals surface area contributed by atoms with Gasteiger partial charge in [0.2, 0.25) is 0 Å². The minimum atomic E-state index is -0.392. The molecule has 1 aromatic rings. The first kappa shape index (κ1) is 12.2. The van der Waals surface area contributed by atoms with Gasteiger partial charge in [-0.3, -0.25) is 0 Å². The lowest BCUT2D eigenvalue weighted by atomic mass is 9.98. The molecule has 0 fully saturated rings. The molecule has 0 aliphatic rings. The second kappa shape index (κ2) is 5.89. The van der Waals surface area contributed by atoms with Crippen LogP contribution in [0, 0.1) is 13.8 Å². The van der Waals surface area contributed by atoms with Gasteiger partial charge in [-0.1, -0.05) is 23.8 Å². The third-order valence-electron chi connectivity index (χ3n) is 2.67. The van der Waals surface area contributed by atoms with E-state index in [1.54, 1.807) is 0 Å². The molecule has 1 unspecified atom stereocenters. The maximum absolute atomic E-state index is 9.94. The quantitative estimate of drug-likeness (QED) is 0.730. The largest absolute Gasteiger partial charge is 0.396 e. The zero-order valence-corrected chi connectivity index (χ0v) is 9.53. The van der Waals surface area contributed by atoms with Gasteiger partial charge in [0.05, 0.1) is 6.10 Å². The fourth-order valence-corrected chi connectivity index (χ4v) is 1.80. The predicted octanol–water partition coefficient (Wildman–Crippen LogP) is 2.50. The lowest BCUT2D eigenvalue weighted by molar-refractivity contribution is 0.159. The molecule has 0 saturated carbocycles. The third-order valence-corrected chi connectivity index (χ3v) is 2.67. The average molecular weight is 208 g/mol. The minimum absolute atomic E-state index is 0.208. The summed E-state index contributed by atoms with van der Waals surface area (Å²) in [6, 6.07) is 6.11. The van der Waals surface area contributed by atoms with E-state index in [0.717, 1.165) is 30.4 Å². The van der Waals surface area contributed by atoms with Crippen molar-refractivity contribution in [1.29, 1.82) is 0 Å². The highest BCUT2D eigenvalue weighted by Crippen LogP contribution is 2.23. The summed E-state index contributed by atoms with van der Waals surface area (Å²) in [7, 11) is 0. The normalized spacial score (nSPS) is 12.8.